The number of unbranched alkanes of at least 4 members (excludes halogenated alkanes) is 5. The van der Waals surface area contributed by atoms with Gasteiger partial charge in [-0.3, -0.25) is 24.0 Å². The highest BCUT2D eigenvalue weighted by atomic mass is 16.2. The fourth-order valence-corrected chi connectivity index (χ4v) is 5.54. The Morgan fingerprint density at radius 3 is 1.35 bits per heavy atom. The van der Waals surface area contributed by atoms with Gasteiger partial charge in [0.15, 0.2) is 0 Å². The Balaban J connectivity index is 0.000000347. The molecule has 10 heteroatoms. The van der Waals surface area contributed by atoms with E-state index >= 15 is 0 Å². The van der Waals surface area contributed by atoms with Crippen LogP contribution in [0.2, 0.25) is 0 Å². The van der Waals surface area contributed by atoms with Gasteiger partial charge in [0, 0.05) is 64.8 Å². The molecule has 3 aliphatic rings. The highest BCUT2D eigenvalue weighted by Gasteiger charge is 2.15. The molecule has 5 amide bonds. The highest BCUT2D eigenvalue weighted by Crippen LogP contribution is 2.14. The van der Waals surface area contributed by atoms with Crippen molar-refractivity contribution in [2.24, 2.45) is 11.5 Å². The summed E-state index contributed by atoms with van der Waals surface area (Å²) in [5, 5.41) is 2.81. The van der Waals surface area contributed by atoms with Crippen molar-refractivity contribution in [2.45, 2.75) is 148 Å². The van der Waals surface area contributed by atoms with Crippen LogP contribution in [0.5, 0.6) is 0 Å². The van der Waals surface area contributed by atoms with Crippen LogP contribution in [0, 0.1) is 0 Å². The molecule has 0 aromatic heterocycles. The van der Waals surface area contributed by atoms with Gasteiger partial charge in [-0.1, -0.05) is 51.4 Å². The lowest BCUT2D eigenvalue weighted by Gasteiger charge is -2.20. The largest absolute Gasteiger partial charge is 0.370 e. The summed E-state index contributed by atoms with van der Waals surface area (Å²) in [4.78, 5) is 59.5. The van der Waals surface area contributed by atoms with Crippen molar-refractivity contribution in [2.75, 3.05) is 32.7 Å². The summed E-state index contributed by atoms with van der Waals surface area (Å²) >= 11 is 0. The minimum absolute atomic E-state index is 0.212. The van der Waals surface area contributed by atoms with E-state index in [1.807, 2.05) is 9.80 Å². The minimum atomic E-state index is -0.276. The summed E-state index contributed by atoms with van der Waals surface area (Å²) in [6, 6.07) is 0. The molecule has 0 atom stereocenters. The van der Waals surface area contributed by atoms with Crippen molar-refractivity contribution < 1.29 is 24.0 Å². The molecule has 0 aromatic rings. The Morgan fingerprint density at radius 2 is 0.884 bits per heavy atom. The number of likely N-dealkylation sites (tertiary alicyclic amines) is 2. The normalized spacial score (nSPS) is 17.4. The average Bonchev–Trinajstić information content (AvgIpc) is 3.52. The fourth-order valence-electron chi connectivity index (χ4n) is 5.54. The molecule has 248 valence electrons. The van der Waals surface area contributed by atoms with Crippen molar-refractivity contribution in [3.63, 3.8) is 0 Å². The number of nitrogens with two attached hydrogens (primary N) is 2. The molecule has 3 heterocycles. The lowest BCUT2D eigenvalue weighted by molar-refractivity contribution is -0.132. The van der Waals surface area contributed by atoms with Crippen LogP contribution < -0.4 is 16.8 Å². The van der Waals surface area contributed by atoms with Crippen LogP contribution in [0.15, 0.2) is 0 Å². The summed E-state index contributed by atoms with van der Waals surface area (Å²) < 4.78 is 0. The molecule has 0 radical (unpaired) electrons. The number of hydrogen-bond acceptors (Lipinski definition) is 5. The molecular weight excluding hydrogens is 546 g/mol. The Kier molecular flexibility index (Phi) is 23.0. The molecule has 3 saturated heterocycles. The van der Waals surface area contributed by atoms with Gasteiger partial charge in [0.25, 0.3) is 0 Å². The third kappa shape index (κ3) is 22.5. The number of carbonyl (C=O) groups is 5. The van der Waals surface area contributed by atoms with Gasteiger partial charge in [-0.2, -0.15) is 0 Å². The van der Waals surface area contributed by atoms with E-state index in [4.69, 9.17) is 11.5 Å². The molecule has 0 aliphatic carbocycles. The predicted molar refractivity (Wildman–Crippen MR) is 171 cm³/mol. The van der Waals surface area contributed by atoms with E-state index in [9.17, 15) is 24.0 Å². The molecule has 0 bridgehead atoms. The molecule has 5 N–H and O–H groups in total. The number of amides is 5. The first kappa shape index (κ1) is 38.4. The van der Waals surface area contributed by atoms with E-state index in [0.29, 0.717) is 31.6 Å². The van der Waals surface area contributed by atoms with Crippen LogP contribution in [-0.4, -0.2) is 72.1 Å². The monoisotopic (exact) mass is 607 g/mol. The third-order valence-corrected chi connectivity index (χ3v) is 8.20. The quantitative estimate of drug-likeness (QED) is 0.258. The molecule has 0 saturated carbocycles. The van der Waals surface area contributed by atoms with Gasteiger partial charge in [0.05, 0.1) is 0 Å². The van der Waals surface area contributed by atoms with E-state index in [1.165, 1.54) is 44.9 Å². The molecule has 3 fully saturated rings. The first-order valence-corrected chi connectivity index (χ1v) is 17.2. The lowest BCUT2D eigenvalue weighted by atomic mass is 10.1. The zero-order valence-electron chi connectivity index (χ0n) is 26.9. The highest BCUT2D eigenvalue weighted by molar-refractivity contribution is 5.77. The van der Waals surface area contributed by atoms with Crippen LogP contribution in [0.25, 0.3) is 0 Å². The van der Waals surface area contributed by atoms with Gasteiger partial charge in [0.1, 0.15) is 0 Å². The smallest absolute Gasteiger partial charge is 0.222 e. The molecule has 0 spiro atoms. The summed E-state index contributed by atoms with van der Waals surface area (Å²) in [6.07, 6.45) is 22.5. The van der Waals surface area contributed by atoms with Crippen molar-refractivity contribution >= 4 is 29.5 Å². The molecule has 0 aromatic carbocycles. The van der Waals surface area contributed by atoms with E-state index < -0.39 is 0 Å². The molecule has 43 heavy (non-hydrogen) atoms. The Hall–Kier alpha value is -2.65. The number of nitrogens with zero attached hydrogens (tertiary/aromatic N) is 2. The van der Waals surface area contributed by atoms with E-state index in [-0.39, 0.29) is 23.6 Å². The Bertz CT molecular complexity index is 781. The summed E-state index contributed by atoms with van der Waals surface area (Å²) in [5.41, 5.74) is 10.1. The maximum absolute atomic E-state index is 12.0. The first-order valence-electron chi connectivity index (χ1n) is 17.2. The molecule has 0 unspecified atom stereocenters. The molecular formula is C33H61N5O5. The van der Waals surface area contributed by atoms with Gasteiger partial charge in [-0.15, -0.1) is 0 Å². The summed E-state index contributed by atoms with van der Waals surface area (Å²) in [7, 11) is 0. The topological polar surface area (TPSA) is 156 Å². The summed E-state index contributed by atoms with van der Waals surface area (Å²) in [5.74, 6) is 0.312. The van der Waals surface area contributed by atoms with Gasteiger partial charge in [-0.25, -0.2) is 0 Å². The molecule has 10 nitrogen and oxygen atoms in total. The lowest BCUT2D eigenvalue weighted by Crippen LogP contribution is -2.31. The standard InChI is InChI=1S/C15H28N2O2.C12H22N2O2.C6H11NO/c16-14(18)10-6-2-1-3-7-11-15(19)17-12-8-4-5-9-13-17;13-11(15)7-3-4-8-12(16)14-9-5-1-2-6-10-14;8-6-4-2-1-3-5-7-6/h1-13H2,(H2,16,18);1-10H2,(H2,13,15);1-5H2,(H,7,8). The van der Waals surface area contributed by atoms with Crippen molar-refractivity contribution in [3.05, 3.63) is 0 Å². The van der Waals surface area contributed by atoms with Crippen molar-refractivity contribution in [3.8, 4) is 0 Å². The van der Waals surface area contributed by atoms with Crippen LogP contribution in [0.1, 0.15) is 148 Å². The number of carbonyl (C=O) groups excluding carboxylic acids is 5. The van der Waals surface area contributed by atoms with Gasteiger partial charge in [-0.05, 0) is 64.2 Å². The van der Waals surface area contributed by atoms with E-state index in [2.05, 4.69) is 5.32 Å². The number of nitrogens with one attached hydrogen (secondary N) is 1. The second kappa shape index (κ2) is 25.8. The van der Waals surface area contributed by atoms with Crippen LogP contribution in [0.4, 0.5) is 0 Å². The number of rotatable bonds is 13. The fraction of sp³-hybridized carbons (Fsp3) is 0.848. The number of hydrogen-bond donors (Lipinski definition) is 3. The van der Waals surface area contributed by atoms with Crippen molar-refractivity contribution in [1.29, 1.82) is 0 Å². The van der Waals surface area contributed by atoms with E-state index in [0.717, 1.165) is 110 Å². The SMILES string of the molecule is NC(=O)CCCCC(=O)N1CCCCCC1.NC(=O)CCCCCCCC(=O)N1CCCCCC1.O=C1CCCCCN1. The van der Waals surface area contributed by atoms with Crippen LogP contribution >= 0.6 is 0 Å². The Morgan fingerprint density at radius 1 is 0.512 bits per heavy atom. The zero-order valence-corrected chi connectivity index (χ0v) is 26.9. The van der Waals surface area contributed by atoms with E-state index in [1.54, 1.807) is 0 Å². The maximum Gasteiger partial charge on any atom is 0.222 e. The second-order valence-corrected chi connectivity index (χ2v) is 12.2. The average molecular weight is 608 g/mol. The third-order valence-electron chi connectivity index (χ3n) is 8.20. The second-order valence-electron chi connectivity index (χ2n) is 12.2. The van der Waals surface area contributed by atoms with Gasteiger partial charge >= 0.3 is 0 Å². The van der Waals surface area contributed by atoms with Crippen LogP contribution in [-0.2, 0) is 24.0 Å². The van der Waals surface area contributed by atoms with Gasteiger partial charge in [0.2, 0.25) is 29.5 Å². The first-order chi connectivity index (χ1) is 20.8. The molecule has 3 aliphatic heterocycles. The van der Waals surface area contributed by atoms with Gasteiger partial charge < -0.3 is 26.6 Å². The Labute approximate surface area is 260 Å². The maximum atomic E-state index is 12.0. The van der Waals surface area contributed by atoms with Crippen LogP contribution in [0.3, 0.4) is 0 Å². The number of primary amides is 2. The zero-order chi connectivity index (χ0) is 31.5. The predicted octanol–water partition coefficient (Wildman–Crippen LogP) is 4.72. The summed E-state index contributed by atoms with van der Waals surface area (Å²) in [6.45, 7) is 4.62. The molecule has 3 rings (SSSR count). The van der Waals surface area contributed by atoms with Crippen molar-refractivity contribution in [1.82, 2.24) is 15.1 Å². The minimum Gasteiger partial charge on any atom is -0.370 e.